The number of hydrogen-bond acceptors (Lipinski definition) is 6. The third-order valence-electron chi connectivity index (χ3n) is 2.03. The van der Waals surface area contributed by atoms with Gasteiger partial charge >= 0.3 is 0 Å². The molecule has 0 spiro atoms. The molecular formula is C9H12N6S. The highest BCUT2D eigenvalue weighted by Gasteiger charge is 2.09. The minimum atomic E-state index is 0.607. The first-order chi connectivity index (χ1) is 7.81. The second kappa shape index (κ2) is 5.04. The highest BCUT2D eigenvalue weighted by molar-refractivity contribution is 7.99. The van der Waals surface area contributed by atoms with E-state index in [4.69, 9.17) is 5.73 Å². The van der Waals surface area contributed by atoms with Gasteiger partial charge in [-0.2, -0.15) is 0 Å². The Morgan fingerprint density at radius 1 is 1.50 bits per heavy atom. The van der Waals surface area contributed by atoms with Gasteiger partial charge in [-0.1, -0.05) is 6.07 Å². The molecule has 0 bridgehead atoms. The van der Waals surface area contributed by atoms with Crippen molar-refractivity contribution in [2.45, 2.75) is 16.6 Å². The zero-order valence-electron chi connectivity index (χ0n) is 8.87. The Bertz CT molecular complexity index is 469. The fraction of sp³-hybridized carbons (Fsp3) is 0.333. The van der Waals surface area contributed by atoms with Crippen LogP contribution in [-0.4, -0.2) is 31.7 Å². The zero-order valence-corrected chi connectivity index (χ0v) is 9.68. The topological polar surface area (TPSA) is 82.5 Å². The molecule has 0 fully saturated rings. The highest BCUT2D eigenvalue weighted by Crippen LogP contribution is 2.25. The normalized spacial score (nSPS) is 10.6. The van der Waals surface area contributed by atoms with Crippen LogP contribution in [0.4, 0.5) is 0 Å². The molecule has 16 heavy (non-hydrogen) atoms. The second-order valence-electron chi connectivity index (χ2n) is 3.19. The van der Waals surface area contributed by atoms with E-state index in [0.717, 1.165) is 22.2 Å². The standard InChI is InChI=1S/C9H12N6S/c1-15-9(12-13-14-15)16-8-7(4-5-10)3-2-6-11-8/h2-3,6H,4-5,10H2,1H3. The summed E-state index contributed by atoms with van der Waals surface area (Å²) in [5.41, 5.74) is 6.67. The van der Waals surface area contributed by atoms with E-state index in [2.05, 4.69) is 20.5 Å². The van der Waals surface area contributed by atoms with Crippen molar-refractivity contribution in [3.8, 4) is 0 Å². The maximum Gasteiger partial charge on any atom is 0.215 e. The molecule has 2 aromatic rings. The molecule has 0 aromatic carbocycles. The Kier molecular flexibility index (Phi) is 3.47. The molecule has 0 amide bonds. The molecule has 2 N–H and O–H groups in total. The monoisotopic (exact) mass is 236 g/mol. The first kappa shape index (κ1) is 11.0. The summed E-state index contributed by atoms with van der Waals surface area (Å²) in [5.74, 6) is 0. The molecule has 0 saturated heterocycles. The first-order valence-corrected chi connectivity index (χ1v) is 5.67. The number of nitrogens with two attached hydrogens (primary N) is 1. The highest BCUT2D eigenvalue weighted by atomic mass is 32.2. The molecule has 2 heterocycles. The van der Waals surface area contributed by atoms with E-state index in [1.165, 1.54) is 11.8 Å². The first-order valence-electron chi connectivity index (χ1n) is 4.85. The van der Waals surface area contributed by atoms with Crippen LogP contribution in [0.2, 0.25) is 0 Å². The third kappa shape index (κ3) is 2.37. The van der Waals surface area contributed by atoms with Gasteiger partial charge in [-0.05, 0) is 46.8 Å². The van der Waals surface area contributed by atoms with Crippen LogP contribution in [0.3, 0.4) is 0 Å². The van der Waals surface area contributed by atoms with Crippen LogP contribution in [0.1, 0.15) is 5.56 Å². The van der Waals surface area contributed by atoms with E-state index in [0.29, 0.717) is 6.54 Å². The lowest BCUT2D eigenvalue weighted by Crippen LogP contribution is -2.04. The summed E-state index contributed by atoms with van der Waals surface area (Å²) < 4.78 is 1.62. The number of tetrazole rings is 1. The van der Waals surface area contributed by atoms with Gasteiger partial charge < -0.3 is 5.73 Å². The fourth-order valence-corrected chi connectivity index (χ4v) is 2.09. The van der Waals surface area contributed by atoms with E-state index in [1.54, 1.807) is 17.9 Å². The fourth-order valence-electron chi connectivity index (χ4n) is 1.26. The van der Waals surface area contributed by atoms with Crippen LogP contribution in [0, 0.1) is 0 Å². The average molecular weight is 236 g/mol. The summed E-state index contributed by atoms with van der Waals surface area (Å²) in [6, 6.07) is 3.93. The summed E-state index contributed by atoms with van der Waals surface area (Å²) in [6.07, 6.45) is 2.56. The summed E-state index contributed by atoms with van der Waals surface area (Å²) >= 11 is 1.45. The van der Waals surface area contributed by atoms with Gasteiger partial charge in [-0.25, -0.2) is 9.67 Å². The number of pyridine rings is 1. The lowest BCUT2D eigenvalue weighted by molar-refractivity contribution is 0.664. The molecule has 0 radical (unpaired) electrons. The minimum absolute atomic E-state index is 0.607. The van der Waals surface area contributed by atoms with Crippen LogP contribution < -0.4 is 5.73 Å². The van der Waals surface area contributed by atoms with Crippen molar-refractivity contribution < 1.29 is 0 Å². The van der Waals surface area contributed by atoms with Crippen LogP contribution in [0.15, 0.2) is 28.5 Å². The third-order valence-corrected chi connectivity index (χ3v) is 3.12. The summed E-state index contributed by atoms with van der Waals surface area (Å²) in [6.45, 7) is 0.607. The van der Waals surface area contributed by atoms with E-state index in [-0.39, 0.29) is 0 Å². The Morgan fingerprint density at radius 2 is 2.38 bits per heavy atom. The van der Waals surface area contributed by atoms with Gasteiger partial charge in [0.05, 0.1) is 0 Å². The lowest BCUT2D eigenvalue weighted by atomic mass is 10.2. The maximum atomic E-state index is 5.55. The smallest absolute Gasteiger partial charge is 0.215 e. The number of hydrogen-bond donors (Lipinski definition) is 1. The van der Waals surface area contributed by atoms with Gasteiger partial charge in [-0.3, -0.25) is 0 Å². The summed E-state index contributed by atoms with van der Waals surface area (Å²) in [5, 5.41) is 12.9. The van der Waals surface area contributed by atoms with Crippen molar-refractivity contribution >= 4 is 11.8 Å². The Balaban J connectivity index is 2.24. The van der Waals surface area contributed by atoms with E-state index >= 15 is 0 Å². The Labute approximate surface area is 97.2 Å². The molecule has 0 aliphatic heterocycles. The largest absolute Gasteiger partial charge is 0.330 e. The molecule has 0 unspecified atom stereocenters. The van der Waals surface area contributed by atoms with Gasteiger partial charge in [-0.15, -0.1) is 5.10 Å². The van der Waals surface area contributed by atoms with Crippen molar-refractivity contribution in [3.63, 3.8) is 0 Å². The van der Waals surface area contributed by atoms with Crippen molar-refractivity contribution in [2.75, 3.05) is 6.54 Å². The molecule has 0 aliphatic carbocycles. The minimum Gasteiger partial charge on any atom is -0.330 e. The quantitative estimate of drug-likeness (QED) is 0.819. The van der Waals surface area contributed by atoms with Crippen molar-refractivity contribution in [1.82, 2.24) is 25.2 Å². The van der Waals surface area contributed by atoms with Gasteiger partial charge in [0.2, 0.25) is 5.16 Å². The molecule has 0 atom stereocenters. The zero-order chi connectivity index (χ0) is 11.4. The molecule has 84 valence electrons. The molecule has 0 saturated carbocycles. The van der Waals surface area contributed by atoms with Crippen molar-refractivity contribution in [1.29, 1.82) is 0 Å². The molecular weight excluding hydrogens is 224 g/mol. The van der Waals surface area contributed by atoms with E-state index in [1.807, 2.05) is 12.1 Å². The van der Waals surface area contributed by atoms with Gasteiger partial charge in [0.15, 0.2) is 0 Å². The van der Waals surface area contributed by atoms with Crippen LogP contribution in [0.5, 0.6) is 0 Å². The number of aromatic nitrogens is 5. The van der Waals surface area contributed by atoms with Crippen LogP contribution in [0.25, 0.3) is 0 Å². The average Bonchev–Trinajstić information content (AvgIpc) is 2.68. The molecule has 2 aromatic heterocycles. The number of rotatable bonds is 4. The Morgan fingerprint density at radius 3 is 3.06 bits per heavy atom. The predicted octanol–water partition coefficient (Wildman–Crippen LogP) is 0.257. The Hall–Kier alpha value is -1.47. The lowest BCUT2D eigenvalue weighted by Gasteiger charge is -2.05. The molecule has 6 nitrogen and oxygen atoms in total. The van der Waals surface area contributed by atoms with Gasteiger partial charge in [0.25, 0.3) is 0 Å². The summed E-state index contributed by atoms with van der Waals surface area (Å²) in [7, 11) is 1.80. The number of nitrogens with zero attached hydrogens (tertiary/aromatic N) is 5. The molecule has 0 aliphatic rings. The van der Waals surface area contributed by atoms with Crippen LogP contribution >= 0.6 is 11.8 Å². The summed E-state index contributed by atoms with van der Waals surface area (Å²) in [4.78, 5) is 4.31. The second-order valence-corrected chi connectivity index (χ2v) is 4.15. The van der Waals surface area contributed by atoms with E-state index in [9.17, 15) is 0 Å². The predicted molar refractivity (Wildman–Crippen MR) is 59.9 cm³/mol. The van der Waals surface area contributed by atoms with Crippen molar-refractivity contribution in [3.05, 3.63) is 23.9 Å². The van der Waals surface area contributed by atoms with E-state index < -0.39 is 0 Å². The number of aryl methyl sites for hydroxylation is 1. The van der Waals surface area contributed by atoms with Crippen LogP contribution in [-0.2, 0) is 13.5 Å². The van der Waals surface area contributed by atoms with Crippen molar-refractivity contribution in [2.24, 2.45) is 12.8 Å². The molecule has 7 heteroatoms. The molecule has 2 rings (SSSR count). The maximum absolute atomic E-state index is 5.55. The SMILES string of the molecule is Cn1nnnc1Sc1ncccc1CCN. The van der Waals surface area contributed by atoms with Gasteiger partial charge in [0.1, 0.15) is 5.03 Å². The van der Waals surface area contributed by atoms with Gasteiger partial charge in [0, 0.05) is 13.2 Å².